The number of quaternary nitrogens is 1. The molecular weight excluding hydrogens is 379 g/mol. The van der Waals surface area contributed by atoms with E-state index in [-0.39, 0.29) is 29.7 Å². The first-order chi connectivity index (χ1) is 13.6. The summed E-state index contributed by atoms with van der Waals surface area (Å²) in [4.78, 5) is 26.8. The molecule has 150 valence electrons. The van der Waals surface area contributed by atoms with E-state index in [9.17, 15) is 14.0 Å². The minimum Gasteiger partial charge on any atom is -0.466 e. The Morgan fingerprint density at radius 3 is 2.79 bits per heavy atom. The number of rotatable bonds is 7. The molecule has 3 atom stereocenters. The van der Waals surface area contributed by atoms with Crippen molar-refractivity contribution >= 4 is 23.2 Å². The molecule has 1 fully saturated rings. The van der Waals surface area contributed by atoms with Gasteiger partial charge in [0.15, 0.2) is 6.54 Å². The lowest BCUT2D eigenvalue weighted by Crippen LogP contribution is -3.14. The van der Waals surface area contributed by atoms with E-state index in [0.29, 0.717) is 19.7 Å². The number of ether oxygens (including phenoxy) is 1. The topological polar surface area (TPSA) is 59.8 Å². The number of hydrogen-bond donors (Lipinski definition) is 2. The normalized spacial score (nSPS) is 20.4. The summed E-state index contributed by atoms with van der Waals surface area (Å²) in [6, 6.07) is 9.79. The molecule has 0 aliphatic carbocycles. The fourth-order valence-electron chi connectivity index (χ4n) is 3.64. The average molecular weight is 406 g/mol. The summed E-state index contributed by atoms with van der Waals surface area (Å²) < 4.78 is 18.4. The summed E-state index contributed by atoms with van der Waals surface area (Å²) in [6.07, 6.45) is 1.72. The van der Waals surface area contributed by atoms with Crippen molar-refractivity contribution in [3.05, 3.63) is 58.0 Å². The van der Waals surface area contributed by atoms with Crippen LogP contribution in [0.5, 0.6) is 0 Å². The first kappa shape index (κ1) is 20.5. The van der Waals surface area contributed by atoms with Crippen molar-refractivity contribution in [1.82, 2.24) is 5.32 Å². The van der Waals surface area contributed by atoms with Gasteiger partial charge in [0, 0.05) is 4.88 Å². The summed E-state index contributed by atoms with van der Waals surface area (Å²) in [7, 11) is 0. The standard InChI is InChI=1S/C21H25FN2O3S/c1-2-27-21(26)16-5-3-11-24(13-16)14-19(25)23-20(18-6-4-12-28-18)15-7-9-17(22)10-8-15/h4,6-10,12,16,20H,2-3,5,11,13-14H2,1H3,(H,23,25)/p+1/t16-,20+/m1/s1. The second kappa shape index (κ2) is 9.80. The number of hydrogen-bond acceptors (Lipinski definition) is 4. The summed E-state index contributed by atoms with van der Waals surface area (Å²) in [6.45, 7) is 3.97. The van der Waals surface area contributed by atoms with Gasteiger partial charge in [-0.3, -0.25) is 9.59 Å². The van der Waals surface area contributed by atoms with Crippen molar-refractivity contribution in [2.75, 3.05) is 26.2 Å². The molecule has 2 heterocycles. The monoisotopic (exact) mass is 405 g/mol. The lowest BCUT2D eigenvalue weighted by Gasteiger charge is -2.28. The first-order valence-corrected chi connectivity index (χ1v) is 10.5. The highest BCUT2D eigenvalue weighted by Crippen LogP contribution is 2.26. The quantitative estimate of drug-likeness (QED) is 0.693. The highest BCUT2D eigenvalue weighted by molar-refractivity contribution is 7.10. The van der Waals surface area contributed by atoms with Crippen LogP contribution in [0.15, 0.2) is 41.8 Å². The van der Waals surface area contributed by atoms with Crippen LogP contribution in [0.25, 0.3) is 0 Å². The molecule has 1 aliphatic rings. The van der Waals surface area contributed by atoms with Crippen molar-refractivity contribution in [3.8, 4) is 0 Å². The number of nitrogens with one attached hydrogen (secondary N) is 2. The molecule has 2 aromatic rings. The third kappa shape index (κ3) is 5.39. The van der Waals surface area contributed by atoms with Gasteiger partial charge in [-0.1, -0.05) is 18.2 Å². The van der Waals surface area contributed by atoms with Crippen LogP contribution in [0.2, 0.25) is 0 Å². The van der Waals surface area contributed by atoms with Crippen LogP contribution < -0.4 is 10.2 Å². The van der Waals surface area contributed by atoms with Crippen LogP contribution >= 0.6 is 11.3 Å². The van der Waals surface area contributed by atoms with Gasteiger partial charge in [-0.05, 0) is 48.9 Å². The molecule has 2 N–H and O–H groups in total. The summed E-state index contributed by atoms with van der Waals surface area (Å²) in [5.74, 6) is -0.686. The number of likely N-dealkylation sites (tertiary alicyclic amines) is 1. The van der Waals surface area contributed by atoms with Crippen molar-refractivity contribution in [2.45, 2.75) is 25.8 Å². The summed E-state index contributed by atoms with van der Waals surface area (Å²) in [5, 5.41) is 5.04. The molecule has 1 amide bonds. The second-order valence-corrected chi connectivity index (χ2v) is 8.02. The van der Waals surface area contributed by atoms with E-state index in [1.807, 2.05) is 17.5 Å². The van der Waals surface area contributed by atoms with Crippen molar-refractivity contribution < 1.29 is 23.6 Å². The van der Waals surface area contributed by atoms with Crippen molar-refractivity contribution in [2.24, 2.45) is 5.92 Å². The zero-order valence-corrected chi connectivity index (χ0v) is 16.8. The molecule has 1 aromatic carbocycles. The predicted octanol–water partition coefficient (Wildman–Crippen LogP) is 1.95. The number of carbonyl (C=O) groups excluding carboxylic acids is 2. The molecule has 3 rings (SSSR count). The summed E-state index contributed by atoms with van der Waals surface area (Å²) >= 11 is 1.55. The smallest absolute Gasteiger partial charge is 0.314 e. The number of piperidine rings is 1. The predicted molar refractivity (Wildman–Crippen MR) is 106 cm³/mol. The molecule has 28 heavy (non-hydrogen) atoms. The Kier molecular flexibility index (Phi) is 7.17. The fourth-order valence-corrected chi connectivity index (χ4v) is 4.44. The molecule has 0 spiro atoms. The lowest BCUT2D eigenvalue weighted by atomic mass is 9.98. The molecule has 0 saturated carbocycles. The number of carbonyl (C=O) groups is 2. The zero-order chi connectivity index (χ0) is 19.9. The van der Waals surface area contributed by atoms with Gasteiger partial charge in [-0.2, -0.15) is 0 Å². The van der Waals surface area contributed by atoms with Gasteiger partial charge in [0.25, 0.3) is 5.91 Å². The number of esters is 1. The van der Waals surface area contributed by atoms with Crippen LogP contribution in [0.4, 0.5) is 4.39 Å². The van der Waals surface area contributed by atoms with Crippen LogP contribution in [0, 0.1) is 11.7 Å². The SMILES string of the molecule is CCOC(=O)[C@@H]1CCC[NH+](CC(=O)N[C@@H](c2ccc(F)cc2)c2cccs2)C1. The Hall–Kier alpha value is -2.25. The first-order valence-electron chi connectivity index (χ1n) is 9.65. The molecular formula is C21H26FN2O3S+. The largest absolute Gasteiger partial charge is 0.466 e. The van der Waals surface area contributed by atoms with E-state index in [4.69, 9.17) is 4.74 Å². The van der Waals surface area contributed by atoms with Crippen LogP contribution in [0.3, 0.4) is 0 Å². The maximum absolute atomic E-state index is 13.3. The molecule has 0 radical (unpaired) electrons. The number of benzene rings is 1. The van der Waals surface area contributed by atoms with E-state index < -0.39 is 0 Å². The summed E-state index contributed by atoms with van der Waals surface area (Å²) in [5.41, 5.74) is 0.843. The maximum Gasteiger partial charge on any atom is 0.314 e. The van der Waals surface area contributed by atoms with Gasteiger partial charge < -0.3 is 15.0 Å². The molecule has 0 bridgehead atoms. The molecule has 1 unspecified atom stereocenters. The van der Waals surface area contributed by atoms with Crippen molar-refractivity contribution in [3.63, 3.8) is 0 Å². The van der Waals surface area contributed by atoms with E-state index in [1.165, 1.54) is 12.1 Å². The maximum atomic E-state index is 13.3. The van der Waals surface area contributed by atoms with Gasteiger partial charge >= 0.3 is 5.97 Å². The highest BCUT2D eigenvalue weighted by atomic mass is 32.1. The number of amides is 1. The lowest BCUT2D eigenvalue weighted by molar-refractivity contribution is -0.899. The second-order valence-electron chi connectivity index (χ2n) is 7.04. The zero-order valence-electron chi connectivity index (χ0n) is 15.9. The van der Waals surface area contributed by atoms with Crippen molar-refractivity contribution in [1.29, 1.82) is 0 Å². The van der Waals surface area contributed by atoms with E-state index in [1.54, 1.807) is 30.4 Å². The number of thiophene rings is 1. The fraction of sp³-hybridized carbons (Fsp3) is 0.429. The molecule has 1 saturated heterocycles. The molecule has 5 nitrogen and oxygen atoms in total. The van der Waals surface area contributed by atoms with Crippen LogP contribution in [-0.4, -0.2) is 38.1 Å². The van der Waals surface area contributed by atoms with Crippen LogP contribution in [0.1, 0.15) is 36.2 Å². The van der Waals surface area contributed by atoms with Gasteiger partial charge in [-0.15, -0.1) is 11.3 Å². The van der Waals surface area contributed by atoms with Gasteiger partial charge in [0.05, 0.1) is 25.7 Å². The van der Waals surface area contributed by atoms with Crippen LogP contribution in [-0.2, 0) is 14.3 Å². The molecule has 1 aromatic heterocycles. The number of halogens is 1. The molecule has 1 aliphatic heterocycles. The van der Waals surface area contributed by atoms with Gasteiger partial charge in [0.1, 0.15) is 11.7 Å². The molecule has 7 heteroatoms. The average Bonchev–Trinajstić information content (AvgIpc) is 3.22. The van der Waals surface area contributed by atoms with E-state index >= 15 is 0 Å². The third-order valence-corrected chi connectivity index (χ3v) is 5.92. The third-order valence-electron chi connectivity index (χ3n) is 4.98. The Labute approximate surface area is 168 Å². The van der Waals surface area contributed by atoms with Gasteiger partial charge in [-0.25, -0.2) is 4.39 Å². The minimum atomic E-state index is -0.307. The Morgan fingerprint density at radius 1 is 1.32 bits per heavy atom. The minimum absolute atomic E-state index is 0.0813. The highest BCUT2D eigenvalue weighted by Gasteiger charge is 2.31. The van der Waals surface area contributed by atoms with E-state index in [0.717, 1.165) is 34.7 Å². The Bertz CT molecular complexity index is 779. The Morgan fingerprint density at radius 2 is 2.11 bits per heavy atom. The van der Waals surface area contributed by atoms with Gasteiger partial charge in [0.2, 0.25) is 0 Å². The Balaban J connectivity index is 1.64. The van der Waals surface area contributed by atoms with E-state index in [2.05, 4.69) is 5.32 Å².